The Morgan fingerprint density at radius 3 is 2.48 bits per heavy atom. The molecule has 2 N–H and O–H groups in total. The van der Waals surface area contributed by atoms with Crippen molar-refractivity contribution in [3.05, 3.63) is 23.8 Å². The minimum absolute atomic E-state index is 0.0884. The molecule has 6 nitrogen and oxygen atoms in total. The van der Waals surface area contributed by atoms with Crippen LogP contribution in [0.25, 0.3) is 0 Å². The van der Waals surface area contributed by atoms with Crippen molar-refractivity contribution in [3.8, 4) is 6.07 Å². The summed E-state index contributed by atoms with van der Waals surface area (Å²) in [5.74, 6) is 0. The summed E-state index contributed by atoms with van der Waals surface area (Å²) in [6.07, 6.45) is 1.06. The number of rotatable bonds is 4. The molecule has 0 unspecified atom stereocenters. The Bertz CT molecular complexity index is 643. The lowest BCUT2D eigenvalue weighted by Gasteiger charge is -2.33. The summed E-state index contributed by atoms with van der Waals surface area (Å²) < 4.78 is 26.7. The molecule has 21 heavy (non-hydrogen) atoms. The van der Waals surface area contributed by atoms with Crippen molar-refractivity contribution in [2.75, 3.05) is 38.5 Å². The summed E-state index contributed by atoms with van der Waals surface area (Å²) in [5, 5.41) is 8.81. The summed E-state index contributed by atoms with van der Waals surface area (Å²) in [7, 11) is -3.58. The van der Waals surface area contributed by atoms with Crippen LogP contribution in [0.2, 0.25) is 0 Å². The van der Waals surface area contributed by atoms with Crippen molar-refractivity contribution < 1.29 is 8.42 Å². The van der Waals surface area contributed by atoms with Crippen molar-refractivity contribution in [2.45, 2.75) is 18.2 Å². The van der Waals surface area contributed by atoms with Crippen LogP contribution in [0, 0.1) is 11.3 Å². The number of sulfonamides is 1. The predicted molar refractivity (Wildman–Crippen MR) is 81.1 cm³/mol. The zero-order valence-electron chi connectivity index (χ0n) is 12.1. The first kappa shape index (κ1) is 15.8. The Labute approximate surface area is 125 Å². The predicted octanol–water partition coefficient (Wildman–Crippen LogP) is 0.857. The Balaban J connectivity index is 2.18. The average Bonchev–Trinajstić information content (AvgIpc) is 2.47. The van der Waals surface area contributed by atoms with Crippen molar-refractivity contribution in [1.82, 2.24) is 9.21 Å². The summed E-state index contributed by atoms with van der Waals surface area (Å²) in [5.41, 5.74) is 6.29. The van der Waals surface area contributed by atoms with Crippen LogP contribution in [-0.4, -0.2) is 50.3 Å². The van der Waals surface area contributed by atoms with Gasteiger partial charge in [-0.1, -0.05) is 6.92 Å². The van der Waals surface area contributed by atoms with Gasteiger partial charge in [0.2, 0.25) is 10.0 Å². The molecule has 0 spiro atoms. The Kier molecular flexibility index (Phi) is 4.83. The average molecular weight is 308 g/mol. The van der Waals surface area contributed by atoms with Gasteiger partial charge < -0.3 is 10.6 Å². The lowest BCUT2D eigenvalue weighted by molar-refractivity contribution is 0.189. The molecule has 7 heteroatoms. The maximum atomic E-state index is 12.6. The van der Waals surface area contributed by atoms with E-state index in [0.29, 0.717) is 18.7 Å². The minimum atomic E-state index is -3.58. The SMILES string of the molecule is CCCN1CCN(S(=O)(=O)c2ccc(C#N)cc2N)CC1. The van der Waals surface area contributed by atoms with Crippen LogP contribution in [0.3, 0.4) is 0 Å². The van der Waals surface area contributed by atoms with Gasteiger partial charge in [0.15, 0.2) is 0 Å². The van der Waals surface area contributed by atoms with Gasteiger partial charge in [0.05, 0.1) is 17.3 Å². The number of hydrogen-bond donors (Lipinski definition) is 1. The van der Waals surface area contributed by atoms with E-state index >= 15 is 0 Å². The number of nitrogens with two attached hydrogens (primary N) is 1. The molecule has 1 aliphatic rings. The molecule has 1 aromatic carbocycles. The van der Waals surface area contributed by atoms with E-state index in [9.17, 15) is 8.42 Å². The number of anilines is 1. The first-order valence-corrected chi connectivity index (χ1v) is 8.45. The third kappa shape index (κ3) is 3.35. The van der Waals surface area contributed by atoms with E-state index in [1.807, 2.05) is 6.07 Å². The van der Waals surface area contributed by atoms with Crippen molar-refractivity contribution in [2.24, 2.45) is 0 Å². The molecule has 1 saturated heterocycles. The van der Waals surface area contributed by atoms with Gasteiger partial charge in [-0.25, -0.2) is 8.42 Å². The second-order valence-corrected chi connectivity index (χ2v) is 7.02. The molecule has 1 aromatic rings. The Morgan fingerprint density at radius 2 is 1.95 bits per heavy atom. The molecule has 0 atom stereocenters. The van der Waals surface area contributed by atoms with Crippen molar-refractivity contribution in [3.63, 3.8) is 0 Å². The molecule has 1 aliphatic heterocycles. The molecule has 1 heterocycles. The molecule has 114 valence electrons. The van der Waals surface area contributed by atoms with Gasteiger partial charge >= 0.3 is 0 Å². The number of nitrogen functional groups attached to an aromatic ring is 1. The Morgan fingerprint density at radius 1 is 1.29 bits per heavy atom. The van der Waals surface area contributed by atoms with Crippen LogP contribution in [0.4, 0.5) is 5.69 Å². The monoisotopic (exact) mass is 308 g/mol. The lowest BCUT2D eigenvalue weighted by Crippen LogP contribution is -2.48. The molecule has 0 bridgehead atoms. The van der Waals surface area contributed by atoms with Gasteiger partial charge in [-0.3, -0.25) is 0 Å². The van der Waals surface area contributed by atoms with Gasteiger partial charge in [-0.15, -0.1) is 0 Å². The summed E-state index contributed by atoms with van der Waals surface area (Å²) in [6, 6.07) is 6.25. The Hall–Kier alpha value is -1.62. The summed E-state index contributed by atoms with van der Waals surface area (Å²) in [4.78, 5) is 2.35. The van der Waals surface area contributed by atoms with Crippen LogP contribution in [-0.2, 0) is 10.0 Å². The van der Waals surface area contributed by atoms with E-state index < -0.39 is 10.0 Å². The van der Waals surface area contributed by atoms with Crippen molar-refractivity contribution in [1.29, 1.82) is 5.26 Å². The molecule has 0 aromatic heterocycles. The zero-order chi connectivity index (χ0) is 15.5. The lowest BCUT2D eigenvalue weighted by atomic mass is 10.2. The molecule has 0 aliphatic carbocycles. The number of piperazine rings is 1. The molecular formula is C14H20N4O2S. The van der Waals surface area contributed by atoms with Crippen molar-refractivity contribution >= 4 is 15.7 Å². The fraction of sp³-hybridized carbons (Fsp3) is 0.500. The van der Waals surface area contributed by atoms with E-state index in [4.69, 9.17) is 11.0 Å². The highest BCUT2D eigenvalue weighted by Crippen LogP contribution is 2.24. The first-order chi connectivity index (χ1) is 9.98. The number of hydrogen-bond acceptors (Lipinski definition) is 5. The largest absolute Gasteiger partial charge is 0.398 e. The van der Waals surface area contributed by atoms with Crippen LogP contribution in [0.5, 0.6) is 0 Å². The number of nitrogens with zero attached hydrogens (tertiary/aromatic N) is 3. The van der Waals surface area contributed by atoms with Crippen LogP contribution >= 0.6 is 0 Å². The molecule has 2 rings (SSSR count). The first-order valence-electron chi connectivity index (χ1n) is 7.01. The van der Waals surface area contributed by atoms with Gasteiger partial charge in [0.25, 0.3) is 0 Å². The second-order valence-electron chi connectivity index (χ2n) is 5.11. The van der Waals surface area contributed by atoms with E-state index in [1.54, 1.807) is 0 Å². The fourth-order valence-corrected chi connectivity index (χ4v) is 4.02. The van der Waals surface area contributed by atoms with E-state index in [1.165, 1.54) is 22.5 Å². The maximum absolute atomic E-state index is 12.6. The highest BCUT2D eigenvalue weighted by atomic mass is 32.2. The van der Waals surface area contributed by atoms with Crippen LogP contribution in [0.1, 0.15) is 18.9 Å². The van der Waals surface area contributed by atoms with E-state index in [2.05, 4.69) is 11.8 Å². The molecular weight excluding hydrogens is 288 g/mol. The second kappa shape index (κ2) is 6.43. The smallest absolute Gasteiger partial charge is 0.245 e. The fourth-order valence-electron chi connectivity index (χ4n) is 2.50. The standard InChI is InChI=1S/C14H20N4O2S/c1-2-5-17-6-8-18(9-7-17)21(19,20)14-4-3-12(11-15)10-13(14)16/h3-4,10H,2,5-9,16H2,1H3. The minimum Gasteiger partial charge on any atom is -0.398 e. The normalized spacial score (nSPS) is 17.5. The van der Waals surface area contributed by atoms with Gasteiger partial charge in [-0.05, 0) is 31.2 Å². The van der Waals surface area contributed by atoms with Crippen LogP contribution in [0.15, 0.2) is 23.1 Å². The molecule has 1 fully saturated rings. The van der Waals surface area contributed by atoms with Gasteiger partial charge in [0.1, 0.15) is 4.90 Å². The van der Waals surface area contributed by atoms with E-state index in [-0.39, 0.29) is 10.6 Å². The van der Waals surface area contributed by atoms with Crippen LogP contribution < -0.4 is 5.73 Å². The van der Waals surface area contributed by atoms with E-state index in [0.717, 1.165) is 26.1 Å². The topological polar surface area (TPSA) is 90.4 Å². The quantitative estimate of drug-likeness (QED) is 0.833. The van der Waals surface area contributed by atoms with Gasteiger partial charge in [0, 0.05) is 26.2 Å². The third-order valence-corrected chi connectivity index (χ3v) is 5.60. The highest BCUT2D eigenvalue weighted by Gasteiger charge is 2.29. The summed E-state index contributed by atoms with van der Waals surface area (Å²) >= 11 is 0. The van der Waals surface area contributed by atoms with Gasteiger partial charge in [-0.2, -0.15) is 9.57 Å². The summed E-state index contributed by atoms with van der Waals surface area (Å²) in [6.45, 7) is 5.53. The molecule has 0 radical (unpaired) electrons. The number of nitriles is 1. The molecule has 0 amide bonds. The third-order valence-electron chi connectivity index (χ3n) is 3.63. The zero-order valence-corrected chi connectivity index (χ0v) is 12.9. The number of benzene rings is 1. The molecule has 0 saturated carbocycles. The maximum Gasteiger partial charge on any atom is 0.245 e. The highest BCUT2D eigenvalue weighted by molar-refractivity contribution is 7.89.